The molecule has 0 spiro atoms. The molecule has 1 aliphatic carbocycles. The summed E-state index contributed by atoms with van der Waals surface area (Å²) < 4.78 is 13.5. The summed E-state index contributed by atoms with van der Waals surface area (Å²) in [5.41, 5.74) is 0.512. The van der Waals surface area contributed by atoms with E-state index in [0.717, 1.165) is 12.8 Å². The van der Waals surface area contributed by atoms with Crippen molar-refractivity contribution in [2.24, 2.45) is 5.92 Å². The monoisotopic (exact) mass is 278 g/mol. The summed E-state index contributed by atoms with van der Waals surface area (Å²) in [7, 11) is 0. The van der Waals surface area contributed by atoms with Gasteiger partial charge in [-0.05, 0) is 30.9 Å². The lowest BCUT2D eigenvalue weighted by molar-refractivity contribution is -0.128. The van der Waals surface area contributed by atoms with Crippen LogP contribution in [0.25, 0.3) is 0 Å². The number of carbonyl (C=O) groups excluding carboxylic acids is 2. The van der Waals surface area contributed by atoms with E-state index in [-0.39, 0.29) is 36.1 Å². The van der Waals surface area contributed by atoms with Crippen LogP contribution in [-0.2, 0) is 16.0 Å². The molecule has 1 aromatic rings. The molecular weight excluding hydrogens is 259 g/mol. The number of carbonyl (C=O) groups is 2. The molecule has 5 heteroatoms. The fourth-order valence-electron chi connectivity index (χ4n) is 1.93. The summed E-state index contributed by atoms with van der Waals surface area (Å²) in [6.45, 7) is 1.71. The van der Waals surface area contributed by atoms with E-state index in [0.29, 0.717) is 12.0 Å². The van der Waals surface area contributed by atoms with E-state index in [2.05, 4.69) is 10.6 Å². The van der Waals surface area contributed by atoms with Gasteiger partial charge in [0.25, 0.3) is 0 Å². The molecule has 0 aliphatic heterocycles. The van der Waals surface area contributed by atoms with E-state index >= 15 is 0 Å². The van der Waals surface area contributed by atoms with Crippen molar-refractivity contribution in [2.75, 3.05) is 6.54 Å². The van der Waals surface area contributed by atoms with Gasteiger partial charge in [0.1, 0.15) is 5.82 Å². The second-order valence-electron chi connectivity index (χ2n) is 5.26. The predicted octanol–water partition coefficient (Wildman–Crippen LogP) is 1.40. The highest BCUT2D eigenvalue weighted by molar-refractivity contribution is 5.86. The van der Waals surface area contributed by atoms with Gasteiger partial charge in [0.05, 0.1) is 6.54 Å². The molecule has 1 aliphatic rings. The van der Waals surface area contributed by atoms with E-state index in [1.165, 1.54) is 6.07 Å². The largest absolute Gasteiger partial charge is 0.352 e. The second kappa shape index (κ2) is 6.50. The Labute approximate surface area is 117 Å². The summed E-state index contributed by atoms with van der Waals surface area (Å²) in [6, 6.07) is 6.69. The molecule has 0 bridgehead atoms. The number of amides is 2. The molecule has 0 radical (unpaired) electrons. The molecule has 0 aromatic heterocycles. The molecule has 2 N–H and O–H groups in total. The minimum Gasteiger partial charge on any atom is -0.352 e. The Kier molecular flexibility index (Phi) is 4.71. The van der Waals surface area contributed by atoms with Crippen LogP contribution in [0.15, 0.2) is 24.3 Å². The summed E-state index contributed by atoms with van der Waals surface area (Å²) in [5.74, 6) is -1.09. The summed E-state index contributed by atoms with van der Waals surface area (Å²) in [5, 5.41) is 5.37. The average Bonchev–Trinajstić information content (AvgIpc) is 3.22. The lowest BCUT2D eigenvalue weighted by Crippen LogP contribution is -2.40. The highest BCUT2D eigenvalue weighted by Crippen LogP contribution is 2.18. The Morgan fingerprint density at radius 3 is 2.70 bits per heavy atom. The molecule has 1 fully saturated rings. The van der Waals surface area contributed by atoms with Gasteiger partial charge in [-0.2, -0.15) is 0 Å². The standard InChI is InChI=1S/C15H19FN2O2/c1-10(8-11-4-2-3-5-13(11)16)15(20)17-9-14(19)18-12-6-7-12/h2-5,10,12H,6-9H2,1H3,(H,17,20)(H,18,19). The molecule has 1 atom stereocenters. The van der Waals surface area contributed by atoms with Gasteiger partial charge in [0, 0.05) is 12.0 Å². The van der Waals surface area contributed by atoms with Crippen molar-refractivity contribution < 1.29 is 14.0 Å². The SMILES string of the molecule is CC(Cc1ccccc1F)C(=O)NCC(=O)NC1CC1. The van der Waals surface area contributed by atoms with Crippen LogP contribution in [-0.4, -0.2) is 24.4 Å². The van der Waals surface area contributed by atoms with Crippen LogP contribution in [0.5, 0.6) is 0 Å². The topological polar surface area (TPSA) is 58.2 Å². The van der Waals surface area contributed by atoms with Gasteiger partial charge in [-0.1, -0.05) is 25.1 Å². The third kappa shape index (κ3) is 4.33. The Morgan fingerprint density at radius 1 is 1.35 bits per heavy atom. The maximum absolute atomic E-state index is 13.5. The van der Waals surface area contributed by atoms with Crippen molar-refractivity contribution in [3.63, 3.8) is 0 Å². The van der Waals surface area contributed by atoms with Crippen LogP contribution in [0.1, 0.15) is 25.3 Å². The molecule has 1 aromatic carbocycles. The van der Waals surface area contributed by atoms with E-state index in [9.17, 15) is 14.0 Å². The molecule has 0 heterocycles. The Hall–Kier alpha value is -1.91. The average molecular weight is 278 g/mol. The van der Waals surface area contributed by atoms with E-state index in [1.807, 2.05) is 0 Å². The Bertz CT molecular complexity index is 500. The Balaban J connectivity index is 1.76. The predicted molar refractivity (Wildman–Crippen MR) is 73.4 cm³/mol. The van der Waals surface area contributed by atoms with Crippen LogP contribution in [0.2, 0.25) is 0 Å². The van der Waals surface area contributed by atoms with Gasteiger partial charge in [-0.3, -0.25) is 9.59 Å². The lowest BCUT2D eigenvalue weighted by Gasteiger charge is -2.12. The molecule has 20 heavy (non-hydrogen) atoms. The van der Waals surface area contributed by atoms with Crippen LogP contribution in [0, 0.1) is 11.7 Å². The van der Waals surface area contributed by atoms with Crippen LogP contribution in [0.4, 0.5) is 4.39 Å². The minimum atomic E-state index is -0.374. The molecule has 2 amide bonds. The normalized spacial score (nSPS) is 15.5. The number of rotatable bonds is 6. The van der Waals surface area contributed by atoms with Crippen LogP contribution >= 0.6 is 0 Å². The fourth-order valence-corrected chi connectivity index (χ4v) is 1.93. The first-order valence-electron chi connectivity index (χ1n) is 6.86. The van der Waals surface area contributed by atoms with Gasteiger partial charge in [-0.25, -0.2) is 4.39 Å². The smallest absolute Gasteiger partial charge is 0.239 e. The number of hydrogen-bond acceptors (Lipinski definition) is 2. The number of halogens is 1. The highest BCUT2D eigenvalue weighted by atomic mass is 19.1. The first kappa shape index (κ1) is 14.5. The van der Waals surface area contributed by atoms with Crippen molar-refractivity contribution in [1.29, 1.82) is 0 Å². The molecule has 4 nitrogen and oxygen atoms in total. The van der Waals surface area contributed by atoms with Crippen molar-refractivity contribution in [2.45, 2.75) is 32.2 Å². The summed E-state index contributed by atoms with van der Waals surface area (Å²) in [4.78, 5) is 23.3. The van der Waals surface area contributed by atoms with Crippen molar-refractivity contribution in [1.82, 2.24) is 10.6 Å². The van der Waals surface area contributed by atoms with Gasteiger partial charge in [-0.15, -0.1) is 0 Å². The van der Waals surface area contributed by atoms with Crippen molar-refractivity contribution in [3.05, 3.63) is 35.6 Å². The third-order valence-electron chi connectivity index (χ3n) is 3.30. The summed E-state index contributed by atoms with van der Waals surface area (Å²) >= 11 is 0. The molecule has 1 unspecified atom stereocenters. The fraction of sp³-hybridized carbons (Fsp3) is 0.467. The van der Waals surface area contributed by atoms with E-state index in [1.54, 1.807) is 25.1 Å². The van der Waals surface area contributed by atoms with Crippen LogP contribution < -0.4 is 10.6 Å². The maximum atomic E-state index is 13.5. The molecule has 1 saturated carbocycles. The maximum Gasteiger partial charge on any atom is 0.239 e. The van der Waals surface area contributed by atoms with Gasteiger partial charge in [0.15, 0.2) is 0 Å². The van der Waals surface area contributed by atoms with Gasteiger partial charge < -0.3 is 10.6 Å². The quantitative estimate of drug-likeness (QED) is 0.826. The molecule has 108 valence electrons. The first-order chi connectivity index (χ1) is 9.56. The zero-order valence-electron chi connectivity index (χ0n) is 11.5. The number of hydrogen-bond donors (Lipinski definition) is 2. The second-order valence-corrected chi connectivity index (χ2v) is 5.26. The molecule has 0 saturated heterocycles. The zero-order chi connectivity index (χ0) is 14.5. The number of benzene rings is 1. The number of nitrogens with one attached hydrogen (secondary N) is 2. The van der Waals surface area contributed by atoms with Crippen molar-refractivity contribution >= 4 is 11.8 Å². The highest BCUT2D eigenvalue weighted by Gasteiger charge is 2.23. The van der Waals surface area contributed by atoms with Crippen LogP contribution in [0.3, 0.4) is 0 Å². The minimum absolute atomic E-state index is 0.0169. The van der Waals surface area contributed by atoms with Gasteiger partial charge in [0.2, 0.25) is 11.8 Å². The molecular formula is C15H19FN2O2. The molecule has 2 rings (SSSR count). The van der Waals surface area contributed by atoms with Gasteiger partial charge >= 0.3 is 0 Å². The Morgan fingerprint density at radius 2 is 2.05 bits per heavy atom. The zero-order valence-corrected chi connectivity index (χ0v) is 11.5. The third-order valence-corrected chi connectivity index (χ3v) is 3.30. The lowest BCUT2D eigenvalue weighted by atomic mass is 10.00. The summed E-state index contributed by atoms with van der Waals surface area (Å²) in [6.07, 6.45) is 2.36. The van der Waals surface area contributed by atoms with Crippen molar-refractivity contribution in [3.8, 4) is 0 Å². The van der Waals surface area contributed by atoms with E-state index in [4.69, 9.17) is 0 Å². The first-order valence-corrected chi connectivity index (χ1v) is 6.86. The van der Waals surface area contributed by atoms with E-state index < -0.39 is 0 Å².